The highest BCUT2D eigenvalue weighted by molar-refractivity contribution is 6.32. The minimum atomic E-state index is -0.986. The molecule has 8 nitrogen and oxygen atoms in total. The molecule has 0 unspecified atom stereocenters. The molecule has 0 spiro atoms. The number of rotatable bonds is 4. The van der Waals surface area contributed by atoms with Crippen molar-refractivity contribution in [1.29, 1.82) is 0 Å². The first-order chi connectivity index (χ1) is 10.3. The lowest BCUT2D eigenvalue weighted by atomic mass is 10.00. The van der Waals surface area contributed by atoms with Gasteiger partial charge >= 0.3 is 6.03 Å². The Morgan fingerprint density at radius 2 is 2.18 bits per heavy atom. The molecule has 1 fully saturated rings. The number of nitro benzene ring substituents is 1. The number of halogens is 1. The van der Waals surface area contributed by atoms with Crippen LogP contribution in [0.4, 0.5) is 10.5 Å². The number of hydrazone groups is 1. The van der Waals surface area contributed by atoms with E-state index in [0.29, 0.717) is 17.0 Å². The second-order valence-corrected chi connectivity index (χ2v) is 5.35. The maximum atomic E-state index is 12.1. The van der Waals surface area contributed by atoms with Crippen LogP contribution in [0.25, 0.3) is 0 Å². The molecule has 1 N–H and O–H groups in total. The smallest absolute Gasteiger partial charge is 0.322 e. The molecule has 0 bridgehead atoms. The van der Waals surface area contributed by atoms with Crippen molar-refractivity contribution in [2.24, 2.45) is 5.10 Å². The quantitative estimate of drug-likeness (QED) is 0.397. The number of nitro groups is 1. The fourth-order valence-electron chi connectivity index (χ4n) is 1.89. The zero-order valence-electron chi connectivity index (χ0n) is 11.9. The number of hydrogen-bond acceptors (Lipinski definition) is 5. The van der Waals surface area contributed by atoms with Gasteiger partial charge < -0.3 is 5.32 Å². The molecule has 0 aromatic heterocycles. The average Bonchev–Trinajstić information content (AvgIpc) is 2.69. The maximum absolute atomic E-state index is 12.1. The van der Waals surface area contributed by atoms with Gasteiger partial charge in [0.2, 0.25) is 0 Å². The number of carbonyl (C=O) groups is 2. The van der Waals surface area contributed by atoms with Crippen LogP contribution < -0.4 is 5.32 Å². The summed E-state index contributed by atoms with van der Waals surface area (Å²) in [6, 6.07) is 3.43. The summed E-state index contributed by atoms with van der Waals surface area (Å²) in [6.45, 7) is 3.38. The molecule has 2 rings (SSSR count). The van der Waals surface area contributed by atoms with Crippen LogP contribution in [0, 0.1) is 10.1 Å². The highest BCUT2D eigenvalue weighted by Crippen LogP contribution is 2.25. The molecule has 1 saturated heterocycles. The van der Waals surface area contributed by atoms with E-state index in [9.17, 15) is 19.7 Å². The minimum absolute atomic E-state index is 0.00398. The SMILES string of the molecule is CC[C@]1(C)NC(=O)N(/N=C\c2ccc(Cl)c([N+](=O)[O-])c2)C1=O. The number of nitrogens with one attached hydrogen (secondary N) is 1. The molecule has 1 aliphatic heterocycles. The summed E-state index contributed by atoms with van der Waals surface area (Å²) in [6.07, 6.45) is 1.62. The Morgan fingerprint density at radius 1 is 1.50 bits per heavy atom. The Kier molecular flexibility index (Phi) is 4.14. The molecule has 3 amide bonds. The van der Waals surface area contributed by atoms with Crippen molar-refractivity contribution in [2.75, 3.05) is 0 Å². The van der Waals surface area contributed by atoms with Crippen LogP contribution in [-0.2, 0) is 4.79 Å². The Bertz CT molecular complexity index is 691. The predicted octanol–water partition coefficient (Wildman–Crippen LogP) is 2.30. The summed E-state index contributed by atoms with van der Waals surface area (Å²) in [5, 5.41) is 17.9. The van der Waals surface area contributed by atoms with E-state index in [1.807, 2.05) is 0 Å². The third-order valence-corrected chi connectivity index (χ3v) is 3.76. The number of carbonyl (C=O) groups excluding carboxylic acids is 2. The van der Waals surface area contributed by atoms with E-state index in [2.05, 4.69) is 10.4 Å². The van der Waals surface area contributed by atoms with Crippen LogP contribution in [0.2, 0.25) is 5.02 Å². The van der Waals surface area contributed by atoms with Gasteiger partial charge in [-0.25, -0.2) is 4.79 Å². The lowest BCUT2D eigenvalue weighted by molar-refractivity contribution is -0.384. The lowest BCUT2D eigenvalue weighted by Crippen LogP contribution is -2.42. The van der Waals surface area contributed by atoms with Crippen molar-refractivity contribution >= 4 is 35.4 Å². The van der Waals surface area contributed by atoms with Crippen molar-refractivity contribution in [3.63, 3.8) is 0 Å². The molecule has 9 heteroatoms. The van der Waals surface area contributed by atoms with E-state index < -0.39 is 22.4 Å². The van der Waals surface area contributed by atoms with Crippen molar-refractivity contribution in [3.05, 3.63) is 38.9 Å². The van der Waals surface area contributed by atoms with Crippen LogP contribution in [0.1, 0.15) is 25.8 Å². The molecule has 22 heavy (non-hydrogen) atoms. The molecule has 1 atom stereocenters. The average molecular weight is 325 g/mol. The number of benzene rings is 1. The first-order valence-electron chi connectivity index (χ1n) is 6.43. The molecule has 1 aromatic carbocycles. The van der Waals surface area contributed by atoms with Gasteiger partial charge in [0.15, 0.2) is 0 Å². The Morgan fingerprint density at radius 3 is 2.73 bits per heavy atom. The third-order valence-electron chi connectivity index (χ3n) is 3.44. The first kappa shape index (κ1) is 15.9. The highest BCUT2D eigenvalue weighted by Gasteiger charge is 2.46. The van der Waals surface area contributed by atoms with Crippen molar-refractivity contribution < 1.29 is 14.5 Å². The van der Waals surface area contributed by atoms with Crippen LogP contribution in [-0.4, -0.2) is 33.6 Å². The van der Waals surface area contributed by atoms with E-state index in [0.717, 1.165) is 0 Å². The third kappa shape index (κ3) is 2.77. The fraction of sp³-hybridized carbons (Fsp3) is 0.308. The van der Waals surface area contributed by atoms with E-state index >= 15 is 0 Å². The summed E-state index contributed by atoms with van der Waals surface area (Å²) in [4.78, 5) is 34.1. The van der Waals surface area contributed by atoms with Crippen LogP contribution >= 0.6 is 11.6 Å². The van der Waals surface area contributed by atoms with Crippen molar-refractivity contribution in [2.45, 2.75) is 25.8 Å². The standard InChI is InChI=1S/C13H13ClN4O4/c1-3-13(2)11(19)17(12(20)16-13)15-7-8-4-5-9(14)10(6-8)18(21)22/h4-7H,3H2,1-2H3,(H,16,20)/b15-7-/t13-/m0/s1. The second-order valence-electron chi connectivity index (χ2n) is 4.95. The molecule has 116 valence electrons. The number of amides is 3. The van der Waals surface area contributed by atoms with E-state index in [1.165, 1.54) is 24.4 Å². The largest absolute Gasteiger partial charge is 0.346 e. The highest BCUT2D eigenvalue weighted by atomic mass is 35.5. The van der Waals surface area contributed by atoms with Crippen LogP contribution in [0.5, 0.6) is 0 Å². The van der Waals surface area contributed by atoms with Gasteiger partial charge in [-0.1, -0.05) is 24.6 Å². The van der Waals surface area contributed by atoms with Crippen LogP contribution in [0.15, 0.2) is 23.3 Å². The summed E-state index contributed by atoms with van der Waals surface area (Å²) >= 11 is 5.71. The lowest BCUT2D eigenvalue weighted by Gasteiger charge is -2.17. The molecule has 0 radical (unpaired) electrons. The molecule has 0 aliphatic carbocycles. The van der Waals surface area contributed by atoms with E-state index in [4.69, 9.17) is 11.6 Å². The van der Waals surface area contributed by atoms with Gasteiger partial charge in [-0.3, -0.25) is 14.9 Å². The zero-order valence-corrected chi connectivity index (χ0v) is 12.6. The molecule has 1 heterocycles. The molecule has 0 saturated carbocycles. The van der Waals surface area contributed by atoms with E-state index in [1.54, 1.807) is 13.8 Å². The van der Waals surface area contributed by atoms with Gasteiger partial charge in [0, 0.05) is 11.6 Å². The monoisotopic (exact) mass is 324 g/mol. The number of imide groups is 1. The molecular weight excluding hydrogens is 312 g/mol. The summed E-state index contributed by atoms with van der Waals surface area (Å²) in [7, 11) is 0. The molecule has 1 aliphatic rings. The number of hydrogen-bond donors (Lipinski definition) is 1. The number of nitrogens with zero attached hydrogens (tertiary/aromatic N) is 3. The zero-order chi connectivity index (χ0) is 16.5. The minimum Gasteiger partial charge on any atom is -0.322 e. The molecular formula is C13H13ClN4O4. The van der Waals surface area contributed by atoms with Gasteiger partial charge in [0.05, 0.1) is 11.1 Å². The first-order valence-corrected chi connectivity index (χ1v) is 6.81. The Labute approximate surface area is 130 Å². The molecule has 1 aromatic rings. The van der Waals surface area contributed by atoms with Gasteiger partial charge in [-0.2, -0.15) is 5.10 Å². The van der Waals surface area contributed by atoms with Crippen molar-refractivity contribution in [1.82, 2.24) is 10.3 Å². The van der Waals surface area contributed by atoms with Gasteiger partial charge in [0.1, 0.15) is 10.6 Å². The summed E-state index contributed by atoms with van der Waals surface area (Å²) < 4.78 is 0. The van der Waals surface area contributed by atoms with Crippen LogP contribution in [0.3, 0.4) is 0 Å². The Hall–Kier alpha value is -2.48. The van der Waals surface area contributed by atoms with Gasteiger partial charge in [-0.05, 0) is 19.4 Å². The maximum Gasteiger partial charge on any atom is 0.346 e. The second kappa shape index (κ2) is 5.72. The van der Waals surface area contributed by atoms with Gasteiger partial charge in [0.25, 0.3) is 11.6 Å². The normalized spacial score (nSPS) is 21.5. The van der Waals surface area contributed by atoms with Gasteiger partial charge in [-0.15, -0.1) is 5.01 Å². The fourth-order valence-corrected chi connectivity index (χ4v) is 2.07. The summed E-state index contributed by atoms with van der Waals surface area (Å²) in [5.74, 6) is -0.472. The Balaban J connectivity index is 2.26. The summed E-state index contributed by atoms with van der Waals surface area (Å²) in [5.41, 5.74) is -0.913. The van der Waals surface area contributed by atoms with E-state index in [-0.39, 0.29) is 10.7 Å². The topological polar surface area (TPSA) is 105 Å². The van der Waals surface area contributed by atoms with Crippen molar-refractivity contribution in [3.8, 4) is 0 Å². The predicted molar refractivity (Wildman–Crippen MR) is 79.8 cm³/mol. The number of urea groups is 1.